The molecule has 0 aliphatic carbocycles. The lowest BCUT2D eigenvalue weighted by Gasteiger charge is -2.11. The van der Waals surface area contributed by atoms with Gasteiger partial charge in [-0.2, -0.15) is 0 Å². The maximum Gasteiger partial charge on any atom is 0.240 e. The van der Waals surface area contributed by atoms with E-state index in [9.17, 15) is 8.42 Å². The zero-order valence-corrected chi connectivity index (χ0v) is 13.9. The van der Waals surface area contributed by atoms with Crippen LogP contribution in [0.3, 0.4) is 0 Å². The molecule has 0 aliphatic heterocycles. The van der Waals surface area contributed by atoms with Gasteiger partial charge in [0.1, 0.15) is 0 Å². The van der Waals surface area contributed by atoms with Gasteiger partial charge in [0, 0.05) is 19.7 Å². The van der Waals surface area contributed by atoms with Gasteiger partial charge < -0.3 is 10.5 Å². The van der Waals surface area contributed by atoms with E-state index >= 15 is 0 Å². The fourth-order valence-corrected chi connectivity index (χ4v) is 3.11. The number of rotatable bonds is 9. The Hall–Kier alpha value is -0.950. The summed E-state index contributed by atoms with van der Waals surface area (Å²) in [5, 5.41) is 0. The highest BCUT2D eigenvalue weighted by Gasteiger charge is 2.16. The average Bonchev–Trinajstić information content (AvgIpc) is 2.42. The molecule has 5 nitrogen and oxygen atoms in total. The molecule has 1 aromatic rings. The summed E-state index contributed by atoms with van der Waals surface area (Å²) >= 11 is 0. The number of aryl methyl sites for hydroxylation is 1. The first kappa shape index (κ1) is 18.1. The highest BCUT2D eigenvalue weighted by Crippen LogP contribution is 2.16. The van der Waals surface area contributed by atoms with E-state index in [2.05, 4.69) is 18.6 Å². The standard InChI is InChI=1S/C15H26N2O3S/c1-12(2)6-8-20-9-7-17-21(18,19)15-10-14(11-16)5-4-13(15)3/h4-5,10,12,17H,6-9,11,16H2,1-3H3. The summed E-state index contributed by atoms with van der Waals surface area (Å²) in [6.07, 6.45) is 0.977. The van der Waals surface area contributed by atoms with Crippen LogP contribution < -0.4 is 10.5 Å². The van der Waals surface area contributed by atoms with E-state index in [1.807, 2.05) is 6.07 Å². The Balaban J connectivity index is 2.54. The molecule has 1 aromatic carbocycles. The summed E-state index contributed by atoms with van der Waals surface area (Å²) < 4.78 is 32.5. The number of nitrogens with two attached hydrogens (primary N) is 1. The molecule has 0 amide bonds. The van der Waals surface area contributed by atoms with E-state index < -0.39 is 10.0 Å². The quantitative estimate of drug-likeness (QED) is 0.681. The van der Waals surface area contributed by atoms with Crippen molar-refractivity contribution in [1.29, 1.82) is 0 Å². The molecule has 0 atom stereocenters. The Labute approximate surface area is 127 Å². The number of nitrogens with one attached hydrogen (secondary N) is 1. The average molecular weight is 314 g/mol. The lowest BCUT2D eigenvalue weighted by atomic mass is 10.1. The van der Waals surface area contributed by atoms with Crippen molar-refractivity contribution in [2.24, 2.45) is 11.7 Å². The topological polar surface area (TPSA) is 81.4 Å². The van der Waals surface area contributed by atoms with Crippen LogP contribution in [-0.2, 0) is 21.3 Å². The summed E-state index contributed by atoms with van der Waals surface area (Å²) in [6, 6.07) is 5.23. The van der Waals surface area contributed by atoms with Gasteiger partial charge in [-0.1, -0.05) is 26.0 Å². The molecule has 1 rings (SSSR count). The highest BCUT2D eigenvalue weighted by atomic mass is 32.2. The van der Waals surface area contributed by atoms with E-state index in [1.165, 1.54) is 0 Å². The Morgan fingerprint density at radius 3 is 2.62 bits per heavy atom. The molecule has 0 aromatic heterocycles. The van der Waals surface area contributed by atoms with Gasteiger partial charge >= 0.3 is 0 Å². The van der Waals surface area contributed by atoms with E-state index in [4.69, 9.17) is 10.5 Å². The van der Waals surface area contributed by atoms with Crippen LogP contribution in [0.1, 0.15) is 31.4 Å². The minimum absolute atomic E-state index is 0.271. The molecule has 120 valence electrons. The van der Waals surface area contributed by atoms with Crippen LogP contribution in [0.15, 0.2) is 23.1 Å². The molecule has 0 spiro atoms. The first-order valence-electron chi connectivity index (χ1n) is 7.24. The van der Waals surface area contributed by atoms with Crippen molar-refractivity contribution in [1.82, 2.24) is 4.72 Å². The first-order valence-corrected chi connectivity index (χ1v) is 8.72. The number of hydrogen-bond donors (Lipinski definition) is 2. The molecular formula is C15H26N2O3S. The number of hydrogen-bond acceptors (Lipinski definition) is 4. The van der Waals surface area contributed by atoms with Crippen molar-refractivity contribution in [3.05, 3.63) is 29.3 Å². The largest absolute Gasteiger partial charge is 0.380 e. The molecule has 0 saturated heterocycles. The normalized spacial score (nSPS) is 12.0. The number of ether oxygens (including phenoxy) is 1. The molecule has 0 unspecified atom stereocenters. The monoisotopic (exact) mass is 314 g/mol. The molecule has 0 saturated carbocycles. The zero-order valence-electron chi connectivity index (χ0n) is 13.1. The number of benzene rings is 1. The van der Waals surface area contributed by atoms with Crippen molar-refractivity contribution in [2.45, 2.75) is 38.6 Å². The Morgan fingerprint density at radius 2 is 2.00 bits per heavy atom. The Morgan fingerprint density at radius 1 is 1.29 bits per heavy atom. The van der Waals surface area contributed by atoms with Crippen LogP contribution in [0, 0.1) is 12.8 Å². The third-order valence-electron chi connectivity index (χ3n) is 3.16. The van der Waals surface area contributed by atoms with Crippen LogP contribution in [0.5, 0.6) is 0 Å². The van der Waals surface area contributed by atoms with E-state index in [0.29, 0.717) is 31.2 Å². The van der Waals surface area contributed by atoms with E-state index in [1.54, 1.807) is 19.1 Å². The fraction of sp³-hybridized carbons (Fsp3) is 0.600. The minimum atomic E-state index is -3.51. The lowest BCUT2D eigenvalue weighted by molar-refractivity contribution is 0.128. The van der Waals surface area contributed by atoms with Gasteiger partial charge in [-0.15, -0.1) is 0 Å². The molecule has 0 aliphatic rings. The Kier molecular flexibility index (Phi) is 7.31. The molecule has 0 radical (unpaired) electrons. The maximum atomic E-state index is 12.3. The second-order valence-electron chi connectivity index (χ2n) is 5.50. The van der Waals surface area contributed by atoms with Crippen LogP contribution in [0.25, 0.3) is 0 Å². The SMILES string of the molecule is Cc1ccc(CN)cc1S(=O)(=O)NCCOCCC(C)C. The summed E-state index contributed by atoms with van der Waals surface area (Å²) in [4.78, 5) is 0.285. The number of sulfonamides is 1. The summed E-state index contributed by atoms with van der Waals surface area (Å²) in [7, 11) is -3.51. The first-order chi connectivity index (χ1) is 9.86. The predicted molar refractivity (Wildman–Crippen MR) is 84.5 cm³/mol. The van der Waals surface area contributed by atoms with Crippen LogP contribution >= 0.6 is 0 Å². The van der Waals surface area contributed by atoms with E-state index in [-0.39, 0.29) is 11.4 Å². The predicted octanol–water partition coefficient (Wildman–Crippen LogP) is 1.79. The van der Waals surface area contributed by atoms with Gasteiger partial charge in [0.15, 0.2) is 0 Å². The van der Waals surface area contributed by atoms with Gasteiger partial charge in [0.2, 0.25) is 10.0 Å². The summed E-state index contributed by atoms with van der Waals surface area (Å²) in [6.45, 7) is 7.64. The van der Waals surface area contributed by atoms with Crippen LogP contribution in [0.4, 0.5) is 0 Å². The smallest absolute Gasteiger partial charge is 0.240 e. The van der Waals surface area contributed by atoms with Gasteiger partial charge in [-0.25, -0.2) is 13.1 Å². The molecular weight excluding hydrogens is 288 g/mol. The Bertz CT molecular complexity index is 542. The summed E-state index contributed by atoms with van der Waals surface area (Å²) in [5.74, 6) is 0.586. The molecule has 21 heavy (non-hydrogen) atoms. The molecule has 0 heterocycles. The molecule has 0 bridgehead atoms. The van der Waals surface area contributed by atoms with Crippen molar-refractivity contribution < 1.29 is 13.2 Å². The van der Waals surface area contributed by atoms with Crippen molar-refractivity contribution >= 4 is 10.0 Å². The van der Waals surface area contributed by atoms with Crippen LogP contribution in [0.2, 0.25) is 0 Å². The maximum absolute atomic E-state index is 12.3. The van der Waals surface area contributed by atoms with Crippen LogP contribution in [-0.4, -0.2) is 28.2 Å². The third-order valence-corrected chi connectivity index (χ3v) is 4.76. The second kappa shape index (κ2) is 8.48. The highest BCUT2D eigenvalue weighted by molar-refractivity contribution is 7.89. The lowest BCUT2D eigenvalue weighted by Crippen LogP contribution is -2.28. The minimum Gasteiger partial charge on any atom is -0.380 e. The summed E-state index contributed by atoms with van der Waals surface area (Å²) in [5.41, 5.74) is 7.07. The van der Waals surface area contributed by atoms with Crippen molar-refractivity contribution in [3.8, 4) is 0 Å². The van der Waals surface area contributed by atoms with Gasteiger partial charge in [0.05, 0.1) is 11.5 Å². The van der Waals surface area contributed by atoms with Gasteiger partial charge in [-0.05, 0) is 36.5 Å². The zero-order chi connectivity index (χ0) is 15.9. The van der Waals surface area contributed by atoms with Crippen molar-refractivity contribution in [2.75, 3.05) is 19.8 Å². The second-order valence-corrected chi connectivity index (χ2v) is 7.23. The van der Waals surface area contributed by atoms with E-state index in [0.717, 1.165) is 12.0 Å². The van der Waals surface area contributed by atoms with Crippen molar-refractivity contribution in [3.63, 3.8) is 0 Å². The molecule has 3 N–H and O–H groups in total. The van der Waals surface area contributed by atoms with Gasteiger partial charge in [-0.3, -0.25) is 0 Å². The third kappa shape index (κ3) is 6.13. The molecule has 6 heteroatoms. The molecule has 0 fully saturated rings. The fourth-order valence-electron chi connectivity index (χ4n) is 1.81. The van der Waals surface area contributed by atoms with Gasteiger partial charge in [0.25, 0.3) is 0 Å².